The minimum absolute atomic E-state index is 0.0283. The molecular weight excluding hydrogens is 372 g/mol. The molecule has 0 atom stereocenters. The molecule has 0 aliphatic carbocycles. The SMILES string of the molecule is CN(C)C(=O)COc1cccc(C(=O)/C=C/c2ccc(Cl)c([N+](=O)[O-])c2)c1. The number of rotatable bonds is 7. The molecule has 27 heavy (non-hydrogen) atoms. The van der Waals surface area contributed by atoms with Crippen molar-refractivity contribution in [3.05, 3.63) is 74.8 Å². The summed E-state index contributed by atoms with van der Waals surface area (Å²) < 4.78 is 5.38. The summed E-state index contributed by atoms with van der Waals surface area (Å²) in [6.45, 7) is -0.130. The molecule has 0 spiro atoms. The number of carbonyl (C=O) groups is 2. The van der Waals surface area contributed by atoms with Crippen molar-refractivity contribution in [2.24, 2.45) is 0 Å². The zero-order chi connectivity index (χ0) is 20.0. The first-order valence-corrected chi connectivity index (χ1v) is 8.25. The first-order valence-electron chi connectivity index (χ1n) is 7.87. The van der Waals surface area contributed by atoms with Crippen LogP contribution in [0.15, 0.2) is 48.5 Å². The normalized spacial score (nSPS) is 10.6. The Kier molecular flexibility index (Phi) is 6.67. The summed E-state index contributed by atoms with van der Waals surface area (Å²) in [7, 11) is 3.25. The fraction of sp³-hybridized carbons (Fsp3) is 0.158. The Morgan fingerprint density at radius 1 is 1.22 bits per heavy atom. The lowest BCUT2D eigenvalue weighted by atomic mass is 10.1. The van der Waals surface area contributed by atoms with Gasteiger partial charge in [0.2, 0.25) is 0 Å². The predicted octanol–water partition coefficient (Wildman–Crippen LogP) is 3.61. The highest BCUT2D eigenvalue weighted by Crippen LogP contribution is 2.25. The van der Waals surface area contributed by atoms with Crippen molar-refractivity contribution in [3.8, 4) is 5.75 Å². The number of likely N-dealkylation sites (N-methyl/N-ethyl adjacent to an activating group) is 1. The molecule has 7 nitrogen and oxygen atoms in total. The number of carbonyl (C=O) groups excluding carboxylic acids is 2. The van der Waals surface area contributed by atoms with E-state index in [2.05, 4.69) is 0 Å². The van der Waals surface area contributed by atoms with Gasteiger partial charge in [-0.2, -0.15) is 0 Å². The fourth-order valence-corrected chi connectivity index (χ4v) is 2.24. The Balaban J connectivity index is 2.11. The molecule has 0 saturated carbocycles. The lowest BCUT2D eigenvalue weighted by molar-refractivity contribution is -0.384. The quantitative estimate of drug-likeness (QED) is 0.313. The van der Waals surface area contributed by atoms with E-state index in [0.29, 0.717) is 16.9 Å². The topological polar surface area (TPSA) is 89.8 Å². The maximum atomic E-state index is 12.3. The Morgan fingerprint density at radius 2 is 1.96 bits per heavy atom. The summed E-state index contributed by atoms with van der Waals surface area (Å²) in [5, 5.41) is 10.9. The van der Waals surface area contributed by atoms with Gasteiger partial charge in [-0.3, -0.25) is 19.7 Å². The molecule has 0 aromatic heterocycles. The number of benzene rings is 2. The second-order valence-electron chi connectivity index (χ2n) is 5.77. The van der Waals surface area contributed by atoms with Crippen LogP contribution in [0.1, 0.15) is 15.9 Å². The molecule has 2 rings (SSSR count). The summed E-state index contributed by atoms with van der Waals surface area (Å²) in [6.07, 6.45) is 2.77. The Bertz CT molecular complexity index is 909. The summed E-state index contributed by atoms with van der Waals surface area (Å²) in [5.74, 6) is -0.112. The van der Waals surface area contributed by atoms with Gasteiger partial charge in [0.1, 0.15) is 10.8 Å². The Hall–Kier alpha value is -3.19. The molecule has 2 aromatic carbocycles. The lowest BCUT2D eigenvalue weighted by Gasteiger charge is -2.11. The van der Waals surface area contributed by atoms with Gasteiger partial charge in [0, 0.05) is 25.7 Å². The number of hydrogen-bond donors (Lipinski definition) is 0. The average Bonchev–Trinajstić information content (AvgIpc) is 2.65. The summed E-state index contributed by atoms with van der Waals surface area (Å²) in [5.41, 5.74) is 0.611. The van der Waals surface area contributed by atoms with Gasteiger partial charge >= 0.3 is 0 Å². The van der Waals surface area contributed by atoms with Crippen LogP contribution in [0.4, 0.5) is 5.69 Å². The van der Waals surface area contributed by atoms with Crippen LogP contribution >= 0.6 is 11.6 Å². The van der Waals surface area contributed by atoms with Gasteiger partial charge in [-0.25, -0.2) is 0 Å². The van der Waals surface area contributed by atoms with E-state index in [-0.39, 0.29) is 29.0 Å². The average molecular weight is 389 g/mol. The van der Waals surface area contributed by atoms with Crippen LogP contribution in [0.25, 0.3) is 6.08 Å². The van der Waals surface area contributed by atoms with Crippen molar-refractivity contribution in [2.45, 2.75) is 0 Å². The molecule has 1 amide bonds. The lowest BCUT2D eigenvalue weighted by Crippen LogP contribution is -2.27. The van der Waals surface area contributed by atoms with Crippen LogP contribution in [0.3, 0.4) is 0 Å². The number of halogens is 1. The molecule has 0 aliphatic rings. The molecule has 0 saturated heterocycles. The number of hydrogen-bond acceptors (Lipinski definition) is 5. The zero-order valence-corrected chi connectivity index (χ0v) is 15.5. The van der Waals surface area contributed by atoms with E-state index < -0.39 is 4.92 Å². The highest BCUT2D eigenvalue weighted by Gasteiger charge is 2.12. The minimum Gasteiger partial charge on any atom is -0.484 e. The van der Waals surface area contributed by atoms with E-state index in [9.17, 15) is 19.7 Å². The standard InChI is InChI=1S/C19H17ClN2O5/c1-21(2)19(24)12-27-15-5-3-4-14(11-15)18(23)9-7-13-6-8-16(20)17(10-13)22(25)26/h3-11H,12H2,1-2H3/b9-7+. The third kappa shape index (κ3) is 5.65. The predicted molar refractivity (Wildman–Crippen MR) is 102 cm³/mol. The zero-order valence-electron chi connectivity index (χ0n) is 14.7. The van der Waals surface area contributed by atoms with E-state index in [4.69, 9.17) is 16.3 Å². The maximum Gasteiger partial charge on any atom is 0.288 e. The molecule has 140 valence electrons. The van der Waals surface area contributed by atoms with Crippen molar-refractivity contribution in [1.29, 1.82) is 0 Å². The van der Waals surface area contributed by atoms with Crippen molar-refractivity contribution in [2.75, 3.05) is 20.7 Å². The fourth-order valence-electron chi connectivity index (χ4n) is 2.05. The van der Waals surface area contributed by atoms with E-state index >= 15 is 0 Å². The Morgan fingerprint density at radius 3 is 2.63 bits per heavy atom. The smallest absolute Gasteiger partial charge is 0.288 e. The van der Waals surface area contributed by atoms with Crippen molar-refractivity contribution < 1.29 is 19.2 Å². The van der Waals surface area contributed by atoms with E-state index in [1.807, 2.05) is 0 Å². The number of nitro groups is 1. The molecule has 0 bridgehead atoms. The third-order valence-corrected chi connectivity index (χ3v) is 3.89. The second-order valence-corrected chi connectivity index (χ2v) is 6.18. The number of amides is 1. The van der Waals surface area contributed by atoms with E-state index in [1.165, 1.54) is 35.3 Å². The molecule has 0 N–H and O–H groups in total. The monoisotopic (exact) mass is 388 g/mol. The van der Waals surface area contributed by atoms with Crippen molar-refractivity contribution in [3.63, 3.8) is 0 Å². The van der Waals surface area contributed by atoms with Gasteiger partial charge < -0.3 is 9.64 Å². The van der Waals surface area contributed by atoms with Crippen LogP contribution in [0.2, 0.25) is 5.02 Å². The molecule has 0 heterocycles. The van der Waals surface area contributed by atoms with Crippen LogP contribution in [-0.2, 0) is 4.79 Å². The molecule has 0 unspecified atom stereocenters. The Labute approximate surface area is 161 Å². The highest BCUT2D eigenvalue weighted by atomic mass is 35.5. The number of ether oxygens (including phenoxy) is 1. The number of nitrogens with zero attached hydrogens (tertiary/aromatic N) is 2. The summed E-state index contributed by atoms with van der Waals surface area (Å²) in [4.78, 5) is 35.6. The van der Waals surface area contributed by atoms with Crippen molar-refractivity contribution in [1.82, 2.24) is 4.90 Å². The maximum absolute atomic E-state index is 12.3. The summed E-state index contributed by atoms with van der Waals surface area (Å²) >= 11 is 5.77. The van der Waals surface area contributed by atoms with Crippen LogP contribution in [0, 0.1) is 10.1 Å². The molecule has 8 heteroatoms. The molecule has 2 aromatic rings. The molecule has 0 radical (unpaired) electrons. The summed E-state index contributed by atoms with van der Waals surface area (Å²) in [6, 6.07) is 10.7. The van der Waals surface area contributed by atoms with Gasteiger partial charge in [0.25, 0.3) is 11.6 Å². The third-order valence-electron chi connectivity index (χ3n) is 3.57. The first-order chi connectivity index (χ1) is 12.8. The number of ketones is 1. The minimum atomic E-state index is -0.586. The number of nitro benzene ring substituents is 1. The number of allylic oxidation sites excluding steroid dienone is 1. The van der Waals surface area contributed by atoms with Gasteiger partial charge in [0.15, 0.2) is 12.4 Å². The second kappa shape index (κ2) is 8.95. The molecule has 0 fully saturated rings. The highest BCUT2D eigenvalue weighted by molar-refractivity contribution is 6.32. The van der Waals surface area contributed by atoms with Crippen LogP contribution in [0.5, 0.6) is 5.75 Å². The first kappa shape index (κ1) is 20.1. The van der Waals surface area contributed by atoms with Crippen molar-refractivity contribution >= 4 is 35.1 Å². The molecule has 0 aliphatic heterocycles. The van der Waals surface area contributed by atoms with Gasteiger partial charge in [-0.1, -0.05) is 35.9 Å². The van der Waals surface area contributed by atoms with Gasteiger partial charge in [0.05, 0.1) is 4.92 Å². The van der Waals surface area contributed by atoms with Gasteiger partial charge in [-0.05, 0) is 29.8 Å². The van der Waals surface area contributed by atoms with Crippen LogP contribution in [-0.4, -0.2) is 42.2 Å². The van der Waals surface area contributed by atoms with Gasteiger partial charge in [-0.15, -0.1) is 0 Å². The van der Waals surface area contributed by atoms with Crippen LogP contribution < -0.4 is 4.74 Å². The molecular formula is C19H17ClN2O5. The van der Waals surface area contributed by atoms with E-state index in [1.54, 1.807) is 38.4 Å². The van der Waals surface area contributed by atoms with E-state index in [0.717, 1.165) is 0 Å². The largest absolute Gasteiger partial charge is 0.484 e.